The van der Waals surface area contributed by atoms with Crippen molar-refractivity contribution in [3.63, 3.8) is 0 Å². The molecule has 1 aliphatic rings. The van der Waals surface area contributed by atoms with Crippen molar-refractivity contribution in [2.45, 2.75) is 31.8 Å². The van der Waals surface area contributed by atoms with E-state index >= 15 is 0 Å². The number of hydrogen-bond donors (Lipinski definition) is 2. The third-order valence-corrected chi connectivity index (χ3v) is 3.77. The first-order chi connectivity index (χ1) is 9.83. The van der Waals surface area contributed by atoms with Crippen LogP contribution in [0.1, 0.15) is 19.3 Å². The Morgan fingerprint density at radius 2 is 2.18 bits per heavy atom. The summed E-state index contributed by atoms with van der Waals surface area (Å²) in [6, 6.07) is 8.28. The minimum absolute atomic E-state index is 0. The van der Waals surface area contributed by atoms with Crippen LogP contribution in [0.2, 0.25) is 0 Å². The zero-order valence-corrected chi connectivity index (χ0v) is 14.0. The third-order valence-electron chi connectivity index (χ3n) is 3.77. The predicted molar refractivity (Wildman–Crippen MR) is 92.9 cm³/mol. The van der Waals surface area contributed by atoms with Gasteiger partial charge in [0.15, 0.2) is 0 Å². The summed E-state index contributed by atoms with van der Waals surface area (Å²) in [6.07, 6.45) is 4.51. The van der Waals surface area contributed by atoms with Crippen molar-refractivity contribution in [3.8, 4) is 0 Å². The second-order valence-electron chi connectivity index (χ2n) is 5.29. The molecule has 0 aliphatic carbocycles. The summed E-state index contributed by atoms with van der Waals surface area (Å²) < 4.78 is 2.04. The van der Waals surface area contributed by atoms with Gasteiger partial charge in [-0.15, -0.1) is 24.8 Å². The fraction of sp³-hybridized carbons (Fsp3) is 0.467. The predicted octanol–water partition coefficient (Wildman–Crippen LogP) is 2.14. The Balaban J connectivity index is 0.00000121. The highest BCUT2D eigenvalue weighted by Gasteiger charge is 2.15. The van der Waals surface area contributed by atoms with Crippen molar-refractivity contribution in [1.29, 1.82) is 0 Å². The summed E-state index contributed by atoms with van der Waals surface area (Å²) >= 11 is 0. The molecule has 3 rings (SSSR count). The molecule has 1 aromatic heterocycles. The van der Waals surface area contributed by atoms with Crippen LogP contribution in [0.4, 0.5) is 0 Å². The number of halogens is 2. The van der Waals surface area contributed by atoms with Crippen LogP contribution < -0.4 is 10.6 Å². The fourth-order valence-electron chi connectivity index (χ4n) is 2.69. The van der Waals surface area contributed by atoms with Crippen molar-refractivity contribution in [3.05, 3.63) is 30.6 Å². The van der Waals surface area contributed by atoms with E-state index in [1.807, 2.05) is 28.8 Å². The highest BCUT2D eigenvalue weighted by molar-refractivity contribution is 5.85. The van der Waals surface area contributed by atoms with Gasteiger partial charge in [-0.25, -0.2) is 4.98 Å². The second-order valence-corrected chi connectivity index (χ2v) is 5.29. The molecule has 0 unspecified atom stereocenters. The van der Waals surface area contributed by atoms with E-state index in [2.05, 4.69) is 15.6 Å². The van der Waals surface area contributed by atoms with Gasteiger partial charge < -0.3 is 15.2 Å². The number of rotatable bonds is 4. The van der Waals surface area contributed by atoms with E-state index in [0.717, 1.165) is 37.0 Å². The minimum Gasteiger partial charge on any atom is -0.352 e. The average molecular weight is 345 g/mol. The van der Waals surface area contributed by atoms with Gasteiger partial charge in [-0.05, 0) is 31.5 Å². The Hall–Kier alpha value is -1.30. The number of nitrogens with one attached hydrogen (secondary N) is 2. The number of aryl methyl sites for hydroxylation is 1. The molecule has 0 spiro atoms. The Labute approximate surface area is 142 Å². The molecule has 2 aromatic rings. The van der Waals surface area contributed by atoms with Gasteiger partial charge in [0.2, 0.25) is 5.91 Å². The lowest BCUT2D eigenvalue weighted by Crippen LogP contribution is -2.45. The van der Waals surface area contributed by atoms with Crippen LogP contribution in [0.15, 0.2) is 30.6 Å². The minimum atomic E-state index is 0. The van der Waals surface area contributed by atoms with Gasteiger partial charge in [-0.3, -0.25) is 4.79 Å². The van der Waals surface area contributed by atoms with E-state index in [9.17, 15) is 4.79 Å². The van der Waals surface area contributed by atoms with Gasteiger partial charge >= 0.3 is 0 Å². The van der Waals surface area contributed by atoms with Crippen LogP contribution in [0.25, 0.3) is 11.0 Å². The largest absolute Gasteiger partial charge is 0.352 e. The van der Waals surface area contributed by atoms with Crippen LogP contribution in [-0.4, -0.2) is 34.6 Å². The molecule has 1 amide bonds. The maximum atomic E-state index is 12.0. The van der Waals surface area contributed by atoms with Crippen LogP contribution in [0.3, 0.4) is 0 Å². The molecule has 1 aliphatic heterocycles. The molecule has 22 heavy (non-hydrogen) atoms. The van der Waals surface area contributed by atoms with Crippen LogP contribution in [-0.2, 0) is 11.3 Å². The number of para-hydroxylation sites is 2. The molecule has 2 N–H and O–H groups in total. The molecule has 1 aromatic carbocycles. The number of imidazole rings is 1. The fourth-order valence-corrected chi connectivity index (χ4v) is 2.69. The maximum Gasteiger partial charge on any atom is 0.222 e. The summed E-state index contributed by atoms with van der Waals surface area (Å²) in [5.41, 5.74) is 2.06. The van der Waals surface area contributed by atoms with E-state index in [1.165, 1.54) is 0 Å². The number of amides is 1. The third kappa shape index (κ3) is 4.60. The number of carbonyl (C=O) groups is 1. The standard InChI is InChI=1S/C15H20N4O.2ClH/c20-15(18-12-4-3-8-16-10-12)7-9-19-11-17-13-5-1-2-6-14(13)19;;/h1-2,5-6,11-12,16H,3-4,7-10H2,(H,18,20);2*1H/t12-;;/m0../s1. The lowest BCUT2D eigenvalue weighted by atomic mass is 10.1. The Morgan fingerprint density at radius 3 is 2.95 bits per heavy atom. The molecule has 1 atom stereocenters. The Morgan fingerprint density at radius 1 is 1.36 bits per heavy atom. The average Bonchev–Trinajstić information content (AvgIpc) is 2.89. The summed E-state index contributed by atoms with van der Waals surface area (Å²) in [7, 11) is 0. The zero-order valence-electron chi connectivity index (χ0n) is 12.3. The Kier molecular flexibility index (Phi) is 7.65. The summed E-state index contributed by atoms with van der Waals surface area (Å²) in [5, 5.41) is 6.40. The molecule has 1 fully saturated rings. The molecule has 122 valence electrons. The number of carbonyl (C=O) groups excluding carboxylic acids is 1. The number of hydrogen-bond acceptors (Lipinski definition) is 3. The number of nitrogens with zero attached hydrogens (tertiary/aromatic N) is 2. The first-order valence-electron chi connectivity index (χ1n) is 7.23. The number of aromatic nitrogens is 2. The van der Waals surface area contributed by atoms with Crippen molar-refractivity contribution in [2.24, 2.45) is 0 Å². The van der Waals surface area contributed by atoms with Crippen LogP contribution in [0, 0.1) is 0 Å². The van der Waals surface area contributed by atoms with Gasteiger partial charge in [0.25, 0.3) is 0 Å². The summed E-state index contributed by atoms with van der Waals surface area (Å²) in [5.74, 6) is 0.122. The smallest absolute Gasteiger partial charge is 0.222 e. The van der Waals surface area contributed by atoms with E-state index in [-0.39, 0.29) is 36.8 Å². The molecule has 5 nitrogen and oxygen atoms in total. The van der Waals surface area contributed by atoms with Crippen molar-refractivity contribution in [1.82, 2.24) is 20.2 Å². The normalized spacial score (nSPS) is 17.4. The second kappa shape index (κ2) is 8.98. The zero-order chi connectivity index (χ0) is 13.8. The van der Waals surface area contributed by atoms with Gasteiger partial charge in [0.1, 0.15) is 0 Å². The highest BCUT2D eigenvalue weighted by Crippen LogP contribution is 2.12. The summed E-state index contributed by atoms with van der Waals surface area (Å²) in [4.78, 5) is 16.3. The SMILES string of the molecule is Cl.Cl.O=C(CCn1cnc2ccccc21)N[C@H]1CCCNC1. The highest BCUT2D eigenvalue weighted by atomic mass is 35.5. The maximum absolute atomic E-state index is 12.0. The van der Waals surface area contributed by atoms with Crippen LogP contribution in [0.5, 0.6) is 0 Å². The molecule has 0 radical (unpaired) electrons. The lowest BCUT2D eigenvalue weighted by Gasteiger charge is -2.23. The van der Waals surface area contributed by atoms with Gasteiger partial charge in [-0.2, -0.15) is 0 Å². The molecule has 2 heterocycles. The first-order valence-corrected chi connectivity index (χ1v) is 7.23. The van der Waals surface area contributed by atoms with Gasteiger partial charge in [0, 0.05) is 25.6 Å². The number of benzene rings is 1. The monoisotopic (exact) mass is 344 g/mol. The van der Waals surface area contributed by atoms with E-state index < -0.39 is 0 Å². The van der Waals surface area contributed by atoms with Gasteiger partial charge in [-0.1, -0.05) is 12.1 Å². The van der Waals surface area contributed by atoms with Crippen molar-refractivity contribution < 1.29 is 4.79 Å². The summed E-state index contributed by atoms with van der Waals surface area (Å²) in [6.45, 7) is 2.62. The van der Waals surface area contributed by atoms with E-state index in [0.29, 0.717) is 13.0 Å². The van der Waals surface area contributed by atoms with E-state index in [1.54, 1.807) is 6.33 Å². The van der Waals surface area contributed by atoms with Crippen LogP contribution >= 0.6 is 24.8 Å². The quantitative estimate of drug-likeness (QED) is 0.893. The molecular formula is C15H22Cl2N4O. The lowest BCUT2D eigenvalue weighted by molar-refractivity contribution is -0.122. The Bertz CT molecular complexity index is 596. The topological polar surface area (TPSA) is 59.0 Å². The molecule has 0 saturated carbocycles. The molecule has 1 saturated heterocycles. The number of piperidine rings is 1. The van der Waals surface area contributed by atoms with Gasteiger partial charge in [0.05, 0.1) is 17.4 Å². The van der Waals surface area contributed by atoms with E-state index in [4.69, 9.17) is 0 Å². The van der Waals surface area contributed by atoms with Crippen molar-refractivity contribution in [2.75, 3.05) is 13.1 Å². The molecule has 0 bridgehead atoms. The first kappa shape index (κ1) is 18.7. The molecular weight excluding hydrogens is 323 g/mol. The van der Waals surface area contributed by atoms with Crippen molar-refractivity contribution >= 4 is 41.8 Å². The molecule has 7 heteroatoms. The number of fused-ring (bicyclic) bond motifs is 1.